The van der Waals surface area contributed by atoms with Gasteiger partial charge in [0.2, 0.25) is 0 Å². The fourth-order valence-electron chi connectivity index (χ4n) is 3.95. The molecule has 0 fully saturated rings. The van der Waals surface area contributed by atoms with E-state index < -0.39 is 0 Å². The van der Waals surface area contributed by atoms with Crippen molar-refractivity contribution in [1.29, 1.82) is 0 Å². The second-order valence-electron chi connectivity index (χ2n) is 8.31. The molecule has 0 radical (unpaired) electrons. The van der Waals surface area contributed by atoms with Crippen molar-refractivity contribution in [3.05, 3.63) is 95.1 Å². The smallest absolute Gasteiger partial charge is 0.260 e. The maximum atomic E-state index is 13.6. The number of carbonyl (C=O) groups excluding carboxylic acids is 1. The molecule has 5 heteroatoms. The van der Waals surface area contributed by atoms with Crippen LogP contribution < -0.4 is 4.90 Å². The van der Waals surface area contributed by atoms with Crippen LogP contribution in [0.1, 0.15) is 40.9 Å². The molecule has 0 aliphatic rings. The molecule has 4 rings (SSSR count). The summed E-state index contributed by atoms with van der Waals surface area (Å²) in [4.78, 5) is 22.6. The van der Waals surface area contributed by atoms with Crippen LogP contribution in [-0.2, 0) is 6.42 Å². The monoisotopic (exact) mass is 457 g/mol. The van der Waals surface area contributed by atoms with Crippen molar-refractivity contribution in [1.82, 2.24) is 9.88 Å². The van der Waals surface area contributed by atoms with Gasteiger partial charge in [-0.3, -0.25) is 9.69 Å². The standard InChI is InChI=1S/C28H31N3OS/c1-4-30(5-2)17-18-31(28-29-25-16-11-21(3)19-26(25)33-28)27(32)24-14-12-23(13-15-24)20-22-9-7-6-8-10-22/h6-16,19H,4-5,17-18,20H2,1-3H3. The zero-order valence-electron chi connectivity index (χ0n) is 19.6. The predicted octanol–water partition coefficient (Wildman–Crippen LogP) is 6.18. The Morgan fingerprint density at radius 1 is 0.879 bits per heavy atom. The summed E-state index contributed by atoms with van der Waals surface area (Å²) in [5.74, 6) is 0.00388. The van der Waals surface area contributed by atoms with E-state index in [2.05, 4.69) is 74.2 Å². The molecular weight excluding hydrogens is 426 g/mol. The van der Waals surface area contributed by atoms with E-state index in [0.717, 1.165) is 41.4 Å². The van der Waals surface area contributed by atoms with Crippen LogP contribution in [0.4, 0.5) is 5.13 Å². The first-order valence-electron chi connectivity index (χ1n) is 11.6. The molecule has 0 N–H and O–H groups in total. The van der Waals surface area contributed by atoms with Crippen molar-refractivity contribution >= 4 is 32.6 Å². The van der Waals surface area contributed by atoms with Gasteiger partial charge in [0.25, 0.3) is 5.91 Å². The molecule has 0 saturated heterocycles. The van der Waals surface area contributed by atoms with E-state index >= 15 is 0 Å². The van der Waals surface area contributed by atoms with Gasteiger partial charge in [0.1, 0.15) is 0 Å². The number of amides is 1. The molecule has 0 bridgehead atoms. The Labute approximate surface area is 200 Å². The van der Waals surface area contributed by atoms with Crippen molar-refractivity contribution < 1.29 is 4.79 Å². The molecule has 0 unspecified atom stereocenters. The van der Waals surface area contributed by atoms with Gasteiger partial charge in [-0.1, -0.05) is 73.7 Å². The first kappa shape index (κ1) is 23.1. The topological polar surface area (TPSA) is 36.4 Å². The second-order valence-corrected chi connectivity index (χ2v) is 9.32. The highest BCUT2D eigenvalue weighted by Gasteiger charge is 2.22. The molecule has 4 nitrogen and oxygen atoms in total. The highest BCUT2D eigenvalue weighted by molar-refractivity contribution is 7.22. The molecule has 170 valence electrons. The minimum absolute atomic E-state index is 0.00388. The number of hydrogen-bond donors (Lipinski definition) is 0. The molecular formula is C28H31N3OS. The van der Waals surface area contributed by atoms with E-state index in [1.54, 1.807) is 11.3 Å². The lowest BCUT2D eigenvalue weighted by Gasteiger charge is -2.24. The van der Waals surface area contributed by atoms with Crippen LogP contribution in [0.15, 0.2) is 72.8 Å². The number of thiazole rings is 1. The molecule has 0 aliphatic carbocycles. The summed E-state index contributed by atoms with van der Waals surface area (Å²) in [5, 5.41) is 0.765. The molecule has 1 amide bonds. The first-order chi connectivity index (χ1) is 16.1. The van der Waals surface area contributed by atoms with Gasteiger partial charge in [-0.25, -0.2) is 4.98 Å². The third kappa shape index (κ3) is 5.67. The van der Waals surface area contributed by atoms with E-state index in [4.69, 9.17) is 4.98 Å². The van der Waals surface area contributed by atoms with E-state index in [1.165, 1.54) is 16.7 Å². The highest BCUT2D eigenvalue weighted by atomic mass is 32.1. The van der Waals surface area contributed by atoms with Crippen LogP contribution in [-0.4, -0.2) is 42.0 Å². The number of fused-ring (bicyclic) bond motifs is 1. The van der Waals surface area contributed by atoms with Crippen LogP contribution in [0.3, 0.4) is 0 Å². The van der Waals surface area contributed by atoms with Crippen LogP contribution in [0.25, 0.3) is 10.2 Å². The Hall–Kier alpha value is -3.02. The minimum Gasteiger partial charge on any atom is -0.302 e. The maximum absolute atomic E-state index is 13.6. The molecule has 0 spiro atoms. The van der Waals surface area contributed by atoms with Gasteiger partial charge in [-0.05, 0) is 67.4 Å². The lowest BCUT2D eigenvalue weighted by atomic mass is 10.0. The van der Waals surface area contributed by atoms with Crippen LogP contribution >= 0.6 is 11.3 Å². The Kier molecular flexibility index (Phi) is 7.53. The van der Waals surface area contributed by atoms with Crippen molar-refractivity contribution in [2.45, 2.75) is 27.2 Å². The average molecular weight is 458 g/mol. The van der Waals surface area contributed by atoms with Gasteiger partial charge in [0.15, 0.2) is 5.13 Å². The fourth-order valence-corrected chi connectivity index (χ4v) is 5.04. The largest absolute Gasteiger partial charge is 0.302 e. The molecule has 1 aromatic heterocycles. The number of benzene rings is 3. The Bertz CT molecular complexity index is 1200. The van der Waals surface area contributed by atoms with Gasteiger partial charge in [-0.15, -0.1) is 0 Å². The molecule has 0 saturated carbocycles. The van der Waals surface area contributed by atoms with Crippen LogP contribution in [0, 0.1) is 6.92 Å². The van der Waals surface area contributed by atoms with Gasteiger partial charge in [0.05, 0.1) is 10.2 Å². The van der Waals surface area contributed by atoms with Crippen molar-refractivity contribution in [2.24, 2.45) is 0 Å². The van der Waals surface area contributed by atoms with E-state index in [9.17, 15) is 4.79 Å². The van der Waals surface area contributed by atoms with Crippen molar-refractivity contribution in [3.63, 3.8) is 0 Å². The molecule has 33 heavy (non-hydrogen) atoms. The zero-order chi connectivity index (χ0) is 23.2. The number of nitrogens with zero attached hydrogens (tertiary/aromatic N) is 3. The number of hydrogen-bond acceptors (Lipinski definition) is 4. The van der Waals surface area contributed by atoms with Crippen molar-refractivity contribution in [2.75, 3.05) is 31.1 Å². The molecule has 1 heterocycles. The lowest BCUT2D eigenvalue weighted by molar-refractivity contribution is 0.0984. The maximum Gasteiger partial charge on any atom is 0.260 e. The second kappa shape index (κ2) is 10.7. The van der Waals surface area contributed by atoms with Gasteiger partial charge >= 0.3 is 0 Å². The quantitative estimate of drug-likeness (QED) is 0.301. The highest BCUT2D eigenvalue weighted by Crippen LogP contribution is 2.30. The Balaban J connectivity index is 1.59. The number of anilines is 1. The average Bonchev–Trinajstić information content (AvgIpc) is 3.25. The third-order valence-corrected chi connectivity index (χ3v) is 7.04. The normalized spacial score (nSPS) is 11.3. The number of carbonyl (C=O) groups is 1. The number of aromatic nitrogens is 1. The van der Waals surface area contributed by atoms with Crippen molar-refractivity contribution in [3.8, 4) is 0 Å². The summed E-state index contributed by atoms with van der Waals surface area (Å²) in [6.07, 6.45) is 0.859. The van der Waals surface area contributed by atoms with E-state index in [-0.39, 0.29) is 5.91 Å². The van der Waals surface area contributed by atoms with Crippen LogP contribution in [0.2, 0.25) is 0 Å². The first-order valence-corrected chi connectivity index (χ1v) is 12.4. The predicted molar refractivity (Wildman–Crippen MR) is 140 cm³/mol. The van der Waals surface area contributed by atoms with Gasteiger partial charge < -0.3 is 4.90 Å². The fraction of sp³-hybridized carbons (Fsp3) is 0.286. The summed E-state index contributed by atoms with van der Waals surface area (Å²) in [7, 11) is 0. The Morgan fingerprint density at radius 2 is 1.58 bits per heavy atom. The SMILES string of the molecule is CCN(CC)CCN(C(=O)c1ccc(Cc2ccccc2)cc1)c1nc2ccc(C)cc2s1. The number of likely N-dealkylation sites (N-methyl/N-ethyl adjacent to an activating group) is 1. The molecule has 0 atom stereocenters. The number of aryl methyl sites for hydroxylation is 1. The molecule has 4 aromatic rings. The summed E-state index contributed by atoms with van der Waals surface area (Å²) in [6, 6.07) is 24.7. The Morgan fingerprint density at radius 3 is 2.27 bits per heavy atom. The minimum atomic E-state index is 0.00388. The summed E-state index contributed by atoms with van der Waals surface area (Å²) in [5.41, 5.74) is 5.30. The summed E-state index contributed by atoms with van der Waals surface area (Å²) < 4.78 is 1.11. The summed E-state index contributed by atoms with van der Waals surface area (Å²) in [6.45, 7) is 9.75. The number of rotatable bonds is 9. The molecule has 3 aromatic carbocycles. The van der Waals surface area contributed by atoms with Crippen LogP contribution in [0.5, 0.6) is 0 Å². The summed E-state index contributed by atoms with van der Waals surface area (Å²) >= 11 is 1.59. The molecule has 0 aliphatic heterocycles. The zero-order valence-corrected chi connectivity index (χ0v) is 20.4. The van der Waals surface area contributed by atoms with Gasteiger partial charge in [0, 0.05) is 18.7 Å². The van der Waals surface area contributed by atoms with Gasteiger partial charge in [-0.2, -0.15) is 0 Å². The lowest BCUT2D eigenvalue weighted by Crippen LogP contribution is -2.38. The third-order valence-electron chi connectivity index (χ3n) is 5.99. The van der Waals surface area contributed by atoms with E-state index in [0.29, 0.717) is 12.1 Å². The van der Waals surface area contributed by atoms with E-state index in [1.807, 2.05) is 29.2 Å².